The highest BCUT2D eigenvalue weighted by Gasteiger charge is 2.09. The lowest BCUT2D eigenvalue weighted by Crippen LogP contribution is -2.28. The van der Waals surface area contributed by atoms with Gasteiger partial charge in [0.25, 0.3) is 5.91 Å². The molecule has 2 rings (SSSR count). The summed E-state index contributed by atoms with van der Waals surface area (Å²) in [7, 11) is 0. The number of hydrogen-bond donors (Lipinski definition) is 1. The molecule has 0 radical (unpaired) electrons. The smallest absolute Gasteiger partial charge is 0.258 e. The van der Waals surface area contributed by atoms with E-state index in [0.29, 0.717) is 6.54 Å². The van der Waals surface area contributed by atoms with Crippen molar-refractivity contribution in [3.8, 4) is 5.75 Å². The first-order valence-corrected chi connectivity index (χ1v) is 7.82. The number of nitrogens with one attached hydrogen (secondary N) is 1. The zero-order valence-electron chi connectivity index (χ0n) is 12.6. The molecule has 0 fully saturated rings. The third-order valence-corrected chi connectivity index (χ3v) is 4.13. The van der Waals surface area contributed by atoms with Gasteiger partial charge in [-0.15, -0.1) is 11.3 Å². The van der Waals surface area contributed by atoms with Crippen LogP contribution in [0.2, 0.25) is 0 Å². The number of hydrogen-bond acceptors (Lipinski definition) is 4. The van der Waals surface area contributed by atoms with Crippen molar-refractivity contribution < 1.29 is 9.53 Å². The number of carbonyl (C=O) groups excluding carboxylic acids is 1. The number of aryl methyl sites for hydroxylation is 3. The van der Waals surface area contributed by atoms with E-state index in [0.717, 1.165) is 33.3 Å². The Morgan fingerprint density at radius 2 is 2.10 bits per heavy atom. The standard InChI is InChI=1S/C16H20N2O2S/c1-4-13-15(21-12(3)18-13)9-17-16(19)10-20-14-8-6-5-7-11(14)2/h5-8H,4,9-10H2,1-3H3,(H,17,19). The van der Waals surface area contributed by atoms with Crippen LogP contribution in [0.15, 0.2) is 24.3 Å². The van der Waals surface area contributed by atoms with Crippen LogP contribution in [-0.4, -0.2) is 17.5 Å². The van der Waals surface area contributed by atoms with Crippen LogP contribution in [0.5, 0.6) is 5.75 Å². The summed E-state index contributed by atoms with van der Waals surface area (Å²) in [5.41, 5.74) is 2.09. The van der Waals surface area contributed by atoms with E-state index >= 15 is 0 Å². The Morgan fingerprint density at radius 3 is 2.81 bits per heavy atom. The largest absolute Gasteiger partial charge is 0.484 e. The number of benzene rings is 1. The number of ether oxygens (including phenoxy) is 1. The van der Waals surface area contributed by atoms with Gasteiger partial charge in [0.05, 0.1) is 17.2 Å². The second-order valence-corrected chi connectivity index (χ2v) is 6.07. The van der Waals surface area contributed by atoms with Crippen LogP contribution in [-0.2, 0) is 17.8 Å². The van der Waals surface area contributed by atoms with E-state index in [-0.39, 0.29) is 12.5 Å². The molecule has 0 bridgehead atoms. The lowest BCUT2D eigenvalue weighted by Gasteiger charge is -2.09. The number of amides is 1. The molecule has 0 saturated carbocycles. The van der Waals surface area contributed by atoms with E-state index in [1.165, 1.54) is 0 Å². The van der Waals surface area contributed by atoms with Gasteiger partial charge in [0.15, 0.2) is 6.61 Å². The highest BCUT2D eigenvalue weighted by atomic mass is 32.1. The van der Waals surface area contributed by atoms with Gasteiger partial charge in [-0.2, -0.15) is 0 Å². The molecule has 0 aliphatic rings. The fourth-order valence-corrected chi connectivity index (χ4v) is 2.98. The van der Waals surface area contributed by atoms with E-state index in [2.05, 4.69) is 17.2 Å². The summed E-state index contributed by atoms with van der Waals surface area (Å²) in [6.45, 7) is 6.56. The Kier molecular flexibility index (Phi) is 5.33. The van der Waals surface area contributed by atoms with Gasteiger partial charge in [-0.25, -0.2) is 4.98 Å². The van der Waals surface area contributed by atoms with Crippen molar-refractivity contribution in [3.05, 3.63) is 45.4 Å². The van der Waals surface area contributed by atoms with E-state index < -0.39 is 0 Å². The van der Waals surface area contributed by atoms with Crippen molar-refractivity contribution in [1.82, 2.24) is 10.3 Å². The molecule has 2 aromatic rings. The molecule has 0 unspecified atom stereocenters. The molecule has 1 amide bonds. The minimum Gasteiger partial charge on any atom is -0.484 e. The highest BCUT2D eigenvalue weighted by molar-refractivity contribution is 7.11. The van der Waals surface area contributed by atoms with Gasteiger partial charge in [-0.3, -0.25) is 4.79 Å². The first-order chi connectivity index (χ1) is 10.1. The van der Waals surface area contributed by atoms with Gasteiger partial charge in [0.1, 0.15) is 5.75 Å². The molecular weight excluding hydrogens is 284 g/mol. The summed E-state index contributed by atoms with van der Waals surface area (Å²) in [6, 6.07) is 7.67. The molecule has 0 atom stereocenters. The van der Waals surface area contributed by atoms with Crippen molar-refractivity contribution in [2.24, 2.45) is 0 Å². The molecular formula is C16H20N2O2S. The Bertz CT molecular complexity index is 622. The summed E-state index contributed by atoms with van der Waals surface area (Å²) in [6.07, 6.45) is 0.884. The Balaban J connectivity index is 1.84. The van der Waals surface area contributed by atoms with Crippen molar-refractivity contribution in [2.45, 2.75) is 33.7 Å². The maximum Gasteiger partial charge on any atom is 0.258 e. The van der Waals surface area contributed by atoms with Crippen molar-refractivity contribution in [2.75, 3.05) is 6.61 Å². The maximum absolute atomic E-state index is 11.9. The average molecular weight is 304 g/mol. The molecule has 0 aliphatic carbocycles. The highest BCUT2D eigenvalue weighted by Crippen LogP contribution is 2.18. The summed E-state index contributed by atoms with van der Waals surface area (Å²) >= 11 is 1.63. The van der Waals surface area contributed by atoms with E-state index in [4.69, 9.17) is 4.74 Å². The molecule has 0 spiro atoms. The van der Waals surface area contributed by atoms with E-state index in [1.54, 1.807) is 11.3 Å². The minimum atomic E-state index is -0.119. The lowest BCUT2D eigenvalue weighted by molar-refractivity contribution is -0.123. The second-order valence-electron chi connectivity index (χ2n) is 4.79. The average Bonchev–Trinajstić information content (AvgIpc) is 2.84. The molecule has 1 heterocycles. The molecule has 21 heavy (non-hydrogen) atoms. The zero-order chi connectivity index (χ0) is 15.2. The zero-order valence-corrected chi connectivity index (χ0v) is 13.4. The Labute approximate surface area is 129 Å². The monoisotopic (exact) mass is 304 g/mol. The van der Waals surface area contributed by atoms with E-state index in [9.17, 15) is 4.79 Å². The van der Waals surface area contributed by atoms with Crippen molar-refractivity contribution >= 4 is 17.2 Å². The summed E-state index contributed by atoms with van der Waals surface area (Å²) in [5, 5.41) is 3.92. The maximum atomic E-state index is 11.9. The predicted octanol–water partition coefficient (Wildman–Crippen LogP) is 3.02. The Hall–Kier alpha value is -1.88. The van der Waals surface area contributed by atoms with Crippen LogP contribution in [0.3, 0.4) is 0 Å². The summed E-state index contributed by atoms with van der Waals surface area (Å²) < 4.78 is 5.52. The molecule has 1 N–H and O–H groups in total. The van der Waals surface area contributed by atoms with Crippen LogP contribution >= 0.6 is 11.3 Å². The summed E-state index contributed by atoms with van der Waals surface area (Å²) in [4.78, 5) is 17.4. The first kappa shape index (κ1) is 15.5. The fourth-order valence-electron chi connectivity index (χ4n) is 2.02. The number of para-hydroxylation sites is 1. The topological polar surface area (TPSA) is 51.2 Å². The quantitative estimate of drug-likeness (QED) is 0.892. The molecule has 5 heteroatoms. The number of rotatable bonds is 6. The molecule has 1 aromatic heterocycles. The van der Waals surface area contributed by atoms with E-state index in [1.807, 2.05) is 38.1 Å². The van der Waals surface area contributed by atoms with Gasteiger partial charge in [-0.05, 0) is 31.9 Å². The molecule has 0 aliphatic heterocycles. The third-order valence-electron chi connectivity index (χ3n) is 3.12. The van der Waals surface area contributed by atoms with Gasteiger partial charge in [0, 0.05) is 4.88 Å². The molecule has 0 saturated heterocycles. The normalized spacial score (nSPS) is 10.4. The number of thiazole rings is 1. The van der Waals surface area contributed by atoms with Crippen molar-refractivity contribution in [1.29, 1.82) is 0 Å². The molecule has 1 aromatic carbocycles. The van der Waals surface area contributed by atoms with Crippen LogP contribution in [0, 0.1) is 13.8 Å². The second kappa shape index (κ2) is 7.22. The fraction of sp³-hybridized carbons (Fsp3) is 0.375. The van der Waals surface area contributed by atoms with Gasteiger partial charge < -0.3 is 10.1 Å². The SMILES string of the molecule is CCc1nc(C)sc1CNC(=O)COc1ccccc1C. The molecule has 4 nitrogen and oxygen atoms in total. The third kappa shape index (κ3) is 4.29. The van der Waals surface area contributed by atoms with Gasteiger partial charge >= 0.3 is 0 Å². The van der Waals surface area contributed by atoms with Crippen molar-refractivity contribution in [3.63, 3.8) is 0 Å². The van der Waals surface area contributed by atoms with Gasteiger partial charge in [0.2, 0.25) is 0 Å². The lowest BCUT2D eigenvalue weighted by atomic mass is 10.2. The first-order valence-electron chi connectivity index (χ1n) is 7.00. The number of carbonyl (C=O) groups is 1. The van der Waals surface area contributed by atoms with Crippen LogP contribution < -0.4 is 10.1 Å². The van der Waals surface area contributed by atoms with Gasteiger partial charge in [-0.1, -0.05) is 25.1 Å². The predicted molar refractivity (Wildman–Crippen MR) is 84.7 cm³/mol. The Morgan fingerprint density at radius 1 is 1.33 bits per heavy atom. The van der Waals surface area contributed by atoms with Crippen LogP contribution in [0.25, 0.3) is 0 Å². The number of aromatic nitrogens is 1. The molecule has 112 valence electrons. The van der Waals surface area contributed by atoms with Crippen LogP contribution in [0.4, 0.5) is 0 Å². The minimum absolute atomic E-state index is 0.0318. The van der Waals surface area contributed by atoms with Crippen LogP contribution in [0.1, 0.15) is 28.1 Å². The number of nitrogens with zero attached hydrogens (tertiary/aromatic N) is 1. The summed E-state index contributed by atoms with van der Waals surface area (Å²) in [5.74, 6) is 0.627.